The molecule has 0 bridgehead atoms. The Morgan fingerprint density at radius 1 is 1.35 bits per heavy atom. The van der Waals surface area contributed by atoms with E-state index in [-0.39, 0.29) is 11.8 Å². The van der Waals surface area contributed by atoms with Gasteiger partial charge < -0.3 is 5.32 Å². The average molecular weight is 226 g/mol. The van der Waals surface area contributed by atoms with Gasteiger partial charge in [-0.25, -0.2) is 0 Å². The number of rotatable bonds is 2. The van der Waals surface area contributed by atoms with E-state index in [2.05, 4.69) is 10.3 Å². The second-order valence-corrected chi connectivity index (χ2v) is 4.42. The second kappa shape index (κ2) is 4.26. The van der Waals surface area contributed by atoms with Crippen LogP contribution >= 0.6 is 0 Å². The van der Waals surface area contributed by atoms with Crippen molar-refractivity contribution in [1.82, 2.24) is 10.3 Å². The summed E-state index contributed by atoms with van der Waals surface area (Å²) in [5, 5.41) is 5.28. The van der Waals surface area contributed by atoms with Crippen LogP contribution in [0, 0.1) is 0 Å². The number of fused-ring (bicyclic) bond motifs is 1. The Morgan fingerprint density at radius 3 is 3.12 bits per heavy atom. The van der Waals surface area contributed by atoms with Gasteiger partial charge in [0.2, 0.25) is 0 Å². The monoisotopic (exact) mass is 226 g/mol. The Labute approximate surface area is 99.9 Å². The normalized spacial score (nSPS) is 19.6. The summed E-state index contributed by atoms with van der Waals surface area (Å²) in [7, 11) is 0. The van der Waals surface area contributed by atoms with Crippen molar-refractivity contribution in [2.45, 2.75) is 18.9 Å². The number of nitrogens with one attached hydrogen (secondary N) is 1. The number of ketones is 1. The second-order valence-electron chi connectivity index (χ2n) is 4.42. The number of hydrogen-bond donors (Lipinski definition) is 1. The molecule has 1 saturated heterocycles. The molecule has 2 aromatic rings. The van der Waals surface area contributed by atoms with Gasteiger partial charge >= 0.3 is 0 Å². The maximum Gasteiger partial charge on any atom is 0.180 e. The zero-order valence-corrected chi connectivity index (χ0v) is 9.52. The van der Waals surface area contributed by atoms with Gasteiger partial charge in [0.05, 0.1) is 6.04 Å². The number of benzene rings is 1. The Kier molecular flexibility index (Phi) is 2.61. The minimum Gasteiger partial charge on any atom is -0.307 e. The van der Waals surface area contributed by atoms with Crippen LogP contribution in [0.15, 0.2) is 36.7 Å². The Balaban J connectivity index is 2.07. The summed E-state index contributed by atoms with van der Waals surface area (Å²) in [5.74, 6) is 0.208. The standard InChI is InChI=1S/C14H14N2O/c17-14(13-5-2-7-16-13)12-4-1-3-10-9-15-8-6-11(10)12/h1,3-4,6,8-9,13,16H,2,5,7H2. The molecule has 1 aliphatic heterocycles. The van der Waals surface area contributed by atoms with E-state index >= 15 is 0 Å². The maximum atomic E-state index is 12.4. The van der Waals surface area contributed by atoms with E-state index in [0.717, 1.165) is 35.7 Å². The number of aromatic nitrogens is 1. The quantitative estimate of drug-likeness (QED) is 0.798. The molecule has 0 aliphatic carbocycles. The molecular formula is C14H14N2O. The van der Waals surface area contributed by atoms with Crippen LogP contribution in [0.2, 0.25) is 0 Å². The molecule has 0 saturated carbocycles. The lowest BCUT2D eigenvalue weighted by Crippen LogP contribution is -2.30. The highest BCUT2D eigenvalue weighted by atomic mass is 16.1. The molecular weight excluding hydrogens is 212 g/mol. The molecule has 2 heterocycles. The van der Waals surface area contributed by atoms with Gasteiger partial charge in [-0.3, -0.25) is 9.78 Å². The lowest BCUT2D eigenvalue weighted by molar-refractivity contribution is 0.0954. The van der Waals surface area contributed by atoms with Crippen LogP contribution in [-0.2, 0) is 0 Å². The van der Waals surface area contributed by atoms with Crippen molar-refractivity contribution in [3.8, 4) is 0 Å². The third-order valence-corrected chi connectivity index (χ3v) is 3.32. The first kappa shape index (κ1) is 10.4. The molecule has 1 unspecified atom stereocenters. The summed E-state index contributed by atoms with van der Waals surface area (Å²) in [6.45, 7) is 0.947. The molecule has 1 aromatic carbocycles. The predicted molar refractivity (Wildman–Crippen MR) is 67.1 cm³/mol. The van der Waals surface area contributed by atoms with Crippen molar-refractivity contribution < 1.29 is 4.79 Å². The van der Waals surface area contributed by atoms with E-state index in [9.17, 15) is 4.79 Å². The predicted octanol–water partition coefficient (Wildman–Crippen LogP) is 2.17. The van der Waals surface area contributed by atoms with Crippen LogP contribution in [0.25, 0.3) is 10.8 Å². The summed E-state index contributed by atoms with van der Waals surface area (Å²) in [4.78, 5) is 16.5. The van der Waals surface area contributed by atoms with Crippen LogP contribution in [0.4, 0.5) is 0 Å². The zero-order valence-electron chi connectivity index (χ0n) is 9.52. The summed E-state index contributed by atoms with van der Waals surface area (Å²) >= 11 is 0. The molecule has 3 heteroatoms. The van der Waals surface area contributed by atoms with E-state index in [1.54, 1.807) is 12.4 Å². The highest BCUT2D eigenvalue weighted by molar-refractivity contribution is 6.10. The minimum atomic E-state index is -0.00577. The van der Waals surface area contributed by atoms with Crippen molar-refractivity contribution in [3.63, 3.8) is 0 Å². The van der Waals surface area contributed by atoms with Crippen LogP contribution in [-0.4, -0.2) is 23.4 Å². The highest BCUT2D eigenvalue weighted by Gasteiger charge is 2.24. The fraction of sp³-hybridized carbons (Fsp3) is 0.286. The molecule has 0 spiro atoms. The summed E-state index contributed by atoms with van der Waals surface area (Å²) in [5.41, 5.74) is 0.810. The van der Waals surface area contributed by atoms with E-state index in [4.69, 9.17) is 0 Å². The van der Waals surface area contributed by atoms with Crippen molar-refractivity contribution in [2.24, 2.45) is 0 Å². The zero-order chi connectivity index (χ0) is 11.7. The average Bonchev–Trinajstić information content (AvgIpc) is 2.91. The number of pyridine rings is 1. The first-order valence-corrected chi connectivity index (χ1v) is 5.96. The van der Waals surface area contributed by atoms with Crippen LogP contribution in [0.5, 0.6) is 0 Å². The van der Waals surface area contributed by atoms with E-state index < -0.39 is 0 Å². The number of carbonyl (C=O) groups excluding carboxylic acids is 1. The molecule has 86 valence electrons. The molecule has 1 atom stereocenters. The topological polar surface area (TPSA) is 42.0 Å². The van der Waals surface area contributed by atoms with Crippen molar-refractivity contribution in [3.05, 3.63) is 42.2 Å². The van der Waals surface area contributed by atoms with Gasteiger partial charge in [-0.2, -0.15) is 0 Å². The molecule has 1 N–H and O–H groups in total. The lowest BCUT2D eigenvalue weighted by Gasteiger charge is -2.11. The van der Waals surface area contributed by atoms with Crippen molar-refractivity contribution >= 4 is 16.6 Å². The number of carbonyl (C=O) groups is 1. The van der Waals surface area contributed by atoms with Crippen LogP contribution in [0.1, 0.15) is 23.2 Å². The van der Waals surface area contributed by atoms with Gasteiger partial charge in [0, 0.05) is 23.3 Å². The summed E-state index contributed by atoms with van der Waals surface area (Å²) < 4.78 is 0. The first-order valence-electron chi connectivity index (χ1n) is 5.96. The highest BCUT2D eigenvalue weighted by Crippen LogP contribution is 2.21. The minimum absolute atomic E-state index is 0.00577. The molecule has 3 rings (SSSR count). The number of hydrogen-bond acceptors (Lipinski definition) is 3. The molecule has 1 fully saturated rings. The Morgan fingerprint density at radius 2 is 2.29 bits per heavy atom. The molecule has 3 nitrogen and oxygen atoms in total. The molecule has 0 amide bonds. The molecule has 0 radical (unpaired) electrons. The summed E-state index contributed by atoms with van der Waals surface area (Å²) in [6.07, 6.45) is 5.57. The fourth-order valence-corrected chi connectivity index (χ4v) is 2.43. The summed E-state index contributed by atoms with van der Waals surface area (Å²) in [6, 6.07) is 7.73. The maximum absolute atomic E-state index is 12.4. The van der Waals surface area contributed by atoms with Gasteiger partial charge in [0.1, 0.15) is 0 Å². The third-order valence-electron chi connectivity index (χ3n) is 3.32. The van der Waals surface area contributed by atoms with Gasteiger partial charge in [0.25, 0.3) is 0 Å². The third kappa shape index (κ3) is 1.83. The number of nitrogens with zero attached hydrogens (tertiary/aromatic N) is 1. The van der Waals surface area contributed by atoms with E-state index in [1.165, 1.54) is 0 Å². The smallest absolute Gasteiger partial charge is 0.180 e. The van der Waals surface area contributed by atoms with Crippen molar-refractivity contribution in [1.29, 1.82) is 0 Å². The molecule has 1 aromatic heterocycles. The Hall–Kier alpha value is -1.74. The van der Waals surface area contributed by atoms with E-state index in [1.807, 2.05) is 24.3 Å². The van der Waals surface area contributed by atoms with Crippen molar-refractivity contribution in [2.75, 3.05) is 6.54 Å². The van der Waals surface area contributed by atoms with E-state index in [0.29, 0.717) is 0 Å². The van der Waals surface area contributed by atoms with Crippen LogP contribution in [0.3, 0.4) is 0 Å². The lowest BCUT2D eigenvalue weighted by atomic mass is 9.98. The Bertz CT molecular complexity index is 554. The van der Waals surface area contributed by atoms with Crippen LogP contribution < -0.4 is 5.32 Å². The van der Waals surface area contributed by atoms with Gasteiger partial charge in [0.15, 0.2) is 5.78 Å². The largest absolute Gasteiger partial charge is 0.307 e. The van der Waals surface area contributed by atoms with Gasteiger partial charge in [-0.1, -0.05) is 18.2 Å². The van der Waals surface area contributed by atoms with Gasteiger partial charge in [-0.05, 0) is 30.8 Å². The first-order chi connectivity index (χ1) is 8.36. The molecule has 1 aliphatic rings. The number of Topliss-reactive ketones (excluding diaryl/α,β-unsaturated/α-hetero) is 1. The fourth-order valence-electron chi connectivity index (χ4n) is 2.43. The van der Waals surface area contributed by atoms with Gasteiger partial charge in [-0.15, -0.1) is 0 Å². The molecule has 17 heavy (non-hydrogen) atoms. The SMILES string of the molecule is O=C(c1cccc2cnccc12)C1CCCN1.